The van der Waals surface area contributed by atoms with Gasteiger partial charge in [0.05, 0.1) is 0 Å². The van der Waals surface area contributed by atoms with Gasteiger partial charge in [0.2, 0.25) is 0 Å². The fourth-order valence-corrected chi connectivity index (χ4v) is 3.25. The summed E-state index contributed by atoms with van der Waals surface area (Å²) in [4.78, 5) is 1.28. The summed E-state index contributed by atoms with van der Waals surface area (Å²) in [7, 11) is 1.98. The van der Waals surface area contributed by atoms with Crippen LogP contribution in [0.2, 0.25) is 0 Å². The van der Waals surface area contributed by atoms with Crippen molar-refractivity contribution in [1.29, 1.82) is 0 Å². The van der Waals surface area contributed by atoms with Crippen LogP contribution in [0.3, 0.4) is 0 Å². The first-order valence-electron chi connectivity index (χ1n) is 7.21. The van der Waals surface area contributed by atoms with Crippen LogP contribution < -0.4 is 34.9 Å². The quantitative estimate of drug-likeness (QED) is 0.485. The average molecular weight is 434 g/mol. The van der Waals surface area contributed by atoms with Crippen molar-refractivity contribution in [2.45, 2.75) is 12.5 Å². The largest absolute Gasteiger partial charge is 2.00 e. The van der Waals surface area contributed by atoms with Gasteiger partial charge in [0.1, 0.15) is 11.9 Å². The molecule has 24 heavy (non-hydrogen) atoms. The first-order chi connectivity index (χ1) is 10.4. The number of fused-ring (bicyclic) bond motifs is 1. The smallest absolute Gasteiger partial charge is 1.00 e. The maximum absolute atomic E-state index is 6.34. The van der Waals surface area contributed by atoms with E-state index in [-0.39, 0.29) is 50.4 Å². The molecule has 0 aliphatic carbocycles. The Bertz CT molecular complexity index is 704. The van der Waals surface area contributed by atoms with Gasteiger partial charge < -0.3 is 34.9 Å². The number of rotatable bonds is 6. The third kappa shape index (κ3) is 5.72. The minimum Gasteiger partial charge on any atom is -1.00 e. The van der Waals surface area contributed by atoms with Crippen molar-refractivity contribution in [2.24, 2.45) is 0 Å². The molecule has 2 nitrogen and oxygen atoms in total. The molecule has 3 aromatic rings. The number of hydrogen-bond donors (Lipinski definition) is 1. The van der Waals surface area contributed by atoms with Crippen molar-refractivity contribution in [2.75, 3.05) is 13.6 Å². The topological polar surface area (TPSA) is 21.3 Å². The fraction of sp³-hybridized carbons (Fsp3) is 0.222. The molecule has 0 fully saturated rings. The predicted octanol–water partition coefficient (Wildman–Crippen LogP) is -1.36. The molecule has 0 amide bonds. The Balaban J connectivity index is 0.00000176. The van der Waals surface area contributed by atoms with E-state index >= 15 is 0 Å². The van der Waals surface area contributed by atoms with Crippen LogP contribution in [0.25, 0.3) is 10.8 Å². The Kier molecular flexibility index (Phi) is 11.5. The number of nitrogens with one attached hydrogen (secondary N) is 1. The second-order valence-corrected chi connectivity index (χ2v) is 5.97. The van der Waals surface area contributed by atoms with Crippen LogP contribution in [0.5, 0.6) is 5.75 Å². The molecule has 0 saturated carbocycles. The Morgan fingerprint density at radius 2 is 1.75 bits per heavy atom. The molecule has 0 aliphatic heterocycles. The van der Waals surface area contributed by atoms with E-state index in [1.54, 1.807) is 11.3 Å². The molecule has 0 unspecified atom stereocenters. The van der Waals surface area contributed by atoms with Crippen LogP contribution in [0.4, 0.5) is 0 Å². The fourth-order valence-electron chi connectivity index (χ4n) is 2.46. The Hall–Kier alpha value is -0.637. The van der Waals surface area contributed by atoms with Crippen LogP contribution in [0, 0.1) is 0 Å². The Morgan fingerprint density at radius 3 is 2.46 bits per heavy atom. The molecule has 0 saturated heterocycles. The van der Waals surface area contributed by atoms with Gasteiger partial charge in [0.25, 0.3) is 0 Å². The minimum atomic E-state index is 0. The molecule has 0 bridgehead atoms. The van der Waals surface area contributed by atoms with Crippen molar-refractivity contribution >= 4 is 22.1 Å². The Labute approximate surface area is 172 Å². The van der Waals surface area contributed by atoms with E-state index in [4.69, 9.17) is 4.74 Å². The van der Waals surface area contributed by atoms with Crippen LogP contribution >= 0.6 is 11.3 Å². The van der Waals surface area contributed by atoms with Crippen molar-refractivity contribution in [1.82, 2.24) is 5.32 Å². The van der Waals surface area contributed by atoms with Crippen molar-refractivity contribution in [3.8, 4) is 5.75 Å². The zero-order valence-corrected chi connectivity index (χ0v) is 18.8. The Morgan fingerprint density at radius 1 is 1.00 bits per heavy atom. The standard InChI is InChI=1S/C18H19NOS.2ClH.Zn/c1-19-12-11-17(18-10-5-13-21-18)20-16-9-4-7-14-6-2-3-8-15(14)16;;;/h2-10,13,17,19H,11-12H2,1H3;2*1H;/q;;;+2/p-2/t17-;;;/m0.../s1. The average Bonchev–Trinajstić information content (AvgIpc) is 3.06. The van der Waals surface area contributed by atoms with Crippen LogP contribution in [-0.2, 0) is 19.5 Å². The summed E-state index contributed by atoms with van der Waals surface area (Å²) in [6.45, 7) is 0.938. The van der Waals surface area contributed by atoms with Gasteiger partial charge in [0.15, 0.2) is 0 Å². The first-order valence-corrected chi connectivity index (χ1v) is 8.09. The molecule has 3 rings (SSSR count). The van der Waals surface area contributed by atoms with Gasteiger partial charge >= 0.3 is 19.5 Å². The maximum atomic E-state index is 6.34. The van der Waals surface area contributed by atoms with E-state index in [1.165, 1.54) is 15.6 Å². The van der Waals surface area contributed by atoms with Crippen molar-refractivity contribution in [3.63, 3.8) is 0 Å². The third-order valence-electron chi connectivity index (χ3n) is 3.54. The molecule has 124 valence electrons. The van der Waals surface area contributed by atoms with Crippen LogP contribution in [0.15, 0.2) is 60.0 Å². The number of benzene rings is 2. The van der Waals surface area contributed by atoms with E-state index in [2.05, 4.69) is 65.3 Å². The molecule has 1 heterocycles. The number of ether oxygens (including phenoxy) is 1. The number of hydrogen-bond acceptors (Lipinski definition) is 3. The molecule has 1 atom stereocenters. The van der Waals surface area contributed by atoms with Gasteiger partial charge in [-0.1, -0.05) is 42.5 Å². The van der Waals surface area contributed by atoms with Gasteiger partial charge in [-0.3, -0.25) is 0 Å². The normalized spacial score (nSPS) is 10.9. The third-order valence-corrected chi connectivity index (χ3v) is 4.50. The molecular formula is C18H19Cl2NOSZn. The number of halogens is 2. The second-order valence-electron chi connectivity index (χ2n) is 4.99. The van der Waals surface area contributed by atoms with E-state index in [0.717, 1.165) is 18.7 Å². The molecular weight excluding hydrogens is 415 g/mol. The van der Waals surface area contributed by atoms with E-state index < -0.39 is 0 Å². The maximum Gasteiger partial charge on any atom is 2.00 e. The van der Waals surface area contributed by atoms with E-state index in [0.29, 0.717) is 0 Å². The molecule has 0 aliphatic rings. The summed E-state index contributed by atoms with van der Waals surface area (Å²) >= 11 is 1.75. The van der Waals surface area contributed by atoms with Crippen LogP contribution in [-0.4, -0.2) is 13.6 Å². The molecule has 0 radical (unpaired) electrons. The van der Waals surface area contributed by atoms with E-state index in [9.17, 15) is 0 Å². The summed E-state index contributed by atoms with van der Waals surface area (Å²) in [5.74, 6) is 0.961. The zero-order chi connectivity index (χ0) is 14.5. The molecule has 6 heteroatoms. The van der Waals surface area contributed by atoms with Gasteiger partial charge in [-0.15, -0.1) is 11.3 Å². The van der Waals surface area contributed by atoms with Gasteiger partial charge in [-0.2, -0.15) is 0 Å². The van der Waals surface area contributed by atoms with Crippen molar-refractivity contribution in [3.05, 3.63) is 64.9 Å². The van der Waals surface area contributed by atoms with E-state index in [1.807, 2.05) is 7.05 Å². The molecule has 1 aromatic heterocycles. The first kappa shape index (κ1) is 23.4. The summed E-state index contributed by atoms with van der Waals surface area (Å²) in [6, 6.07) is 18.8. The minimum absolute atomic E-state index is 0. The molecule has 0 spiro atoms. The van der Waals surface area contributed by atoms with Crippen LogP contribution in [0.1, 0.15) is 17.4 Å². The summed E-state index contributed by atoms with van der Waals surface area (Å²) in [5, 5.41) is 7.70. The summed E-state index contributed by atoms with van der Waals surface area (Å²) in [6.07, 6.45) is 1.06. The summed E-state index contributed by atoms with van der Waals surface area (Å²) in [5.41, 5.74) is 0. The predicted molar refractivity (Wildman–Crippen MR) is 90.2 cm³/mol. The van der Waals surface area contributed by atoms with Gasteiger partial charge in [-0.25, -0.2) is 0 Å². The molecule has 1 N–H and O–H groups in total. The van der Waals surface area contributed by atoms with Gasteiger partial charge in [0, 0.05) is 16.7 Å². The monoisotopic (exact) mass is 431 g/mol. The van der Waals surface area contributed by atoms with Gasteiger partial charge in [-0.05, 0) is 36.5 Å². The zero-order valence-electron chi connectivity index (χ0n) is 13.5. The SMILES string of the molecule is CNCC[C@H](Oc1cccc2ccccc12)c1cccs1.[Cl-].[Cl-].[Zn+2]. The number of thiophene rings is 1. The second kappa shape index (κ2) is 11.8. The molecule has 2 aromatic carbocycles. The summed E-state index contributed by atoms with van der Waals surface area (Å²) < 4.78 is 6.34. The van der Waals surface area contributed by atoms with Crippen molar-refractivity contribution < 1.29 is 49.0 Å².